The number of hydrogen-bond acceptors (Lipinski definition) is 3. The summed E-state index contributed by atoms with van der Waals surface area (Å²) in [4.78, 5) is 17.0. The van der Waals surface area contributed by atoms with Crippen molar-refractivity contribution >= 4 is 5.91 Å². The first-order chi connectivity index (χ1) is 11.0. The van der Waals surface area contributed by atoms with Crippen LogP contribution in [0.1, 0.15) is 65.7 Å². The molecule has 3 rings (SSSR count). The van der Waals surface area contributed by atoms with Crippen molar-refractivity contribution in [1.82, 2.24) is 9.80 Å². The Bertz CT molecular complexity index is 428. The normalized spacial score (nSPS) is 42.3. The van der Waals surface area contributed by atoms with Gasteiger partial charge in [0.2, 0.25) is 5.91 Å². The van der Waals surface area contributed by atoms with Crippen LogP contribution in [0.25, 0.3) is 0 Å². The average Bonchev–Trinajstić information content (AvgIpc) is 2.50. The lowest BCUT2D eigenvalue weighted by Gasteiger charge is -2.53. The van der Waals surface area contributed by atoms with Gasteiger partial charge >= 0.3 is 0 Å². The highest BCUT2D eigenvalue weighted by molar-refractivity contribution is 5.74. The summed E-state index contributed by atoms with van der Waals surface area (Å²) in [6.07, 6.45) is 8.15. The molecule has 1 N–H and O–H groups in total. The molecule has 3 fully saturated rings. The molecule has 1 heterocycles. The van der Waals surface area contributed by atoms with E-state index in [-0.39, 0.29) is 12.0 Å². The van der Waals surface area contributed by atoms with Crippen molar-refractivity contribution in [2.45, 2.75) is 89.9 Å². The minimum Gasteiger partial charge on any atom is -0.393 e. The van der Waals surface area contributed by atoms with Crippen molar-refractivity contribution in [2.24, 2.45) is 11.8 Å². The molecule has 3 aliphatic rings. The highest BCUT2D eigenvalue weighted by atomic mass is 16.3. The molecule has 23 heavy (non-hydrogen) atoms. The minimum atomic E-state index is -0.0952. The number of carbonyl (C=O) groups is 1. The van der Waals surface area contributed by atoms with E-state index in [0.29, 0.717) is 30.0 Å². The molecule has 0 radical (unpaired) electrons. The Labute approximate surface area is 141 Å². The molecule has 0 aromatic carbocycles. The van der Waals surface area contributed by atoms with Crippen molar-refractivity contribution in [3.63, 3.8) is 0 Å². The summed E-state index contributed by atoms with van der Waals surface area (Å²) in [7, 11) is 0. The van der Waals surface area contributed by atoms with Crippen molar-refractivity contribution < 1.29 is 9.90 Å². The van der Waals surface area contributed by atoms with Crippen molar-refractivity contribution in [3.8, 4) is 0 Å². The van der Waals surface area contributed by atoms with Gasteiger partial charge in [-0.2, -0.15) is 0 Å². The molecule has 0 spiro atoms. The fraction of sp³-hybridized carbons (Fsp3) is 0.947. The summed E-state index contributed by atoms with van der Waals surface area (Å²) in [5.74, 6) is 1.40. The van der Waals surface area contributed by atoms with Crippen LogP contribution >= 0.6 is 0 Å². The third-order valence-corrected chi connectivity index (χ3v) is 6.58. The Balaban J connectivity index is 1.68. The molecule has 6 atom stereocenters. The number of hydrogen-bond donors (Lipinski definition) is 1. The molecule has 0 aromatic heterocycles. The van der Waals surface area contributed by atoms with E-state index in [1.54, 1.807) is 6.92 Å². The van der Waals surface area contributed by atoms with Crippen LogP contribution in [0.2, 0.25) is 0 Å². The summed E-state index contributed by atoms with van der Waals surface area (Å²) in [5, 5.41) is 9.97. The molecule has 4 heteroatoms. The van der Waals surface area contributed by atoms with E-state index in [1.165, 1.54) is 25.7 Å². The maximum atomic E-state index is 12.1. The molecule has 1 aliphatic heterocycles. The Kier molecular flexibility index (Phi) is 5.32. The standard InChI is InChI=1S/C19H34N2O2/c1-13-10-16(8-9-19(13)23)12-20-11-14(2)21(15(3)22)18-7-5-4-6-17(18)20/h13-14,16-19,23H,4-12H2,1-3H3/t13?,14-,16?,17?,18?,19?/m0/s1. The number of fused-ring (bicyclic) bond motifs is 1. The Hall–Kier alpha value is -0.610. The molecular weight excluding hydrogens is 288 g/mol. The lowest BCUT2D eigenvalue weighted by atomic mass is 9.78. The number of nitrogens with zero attached hydrogens (tertiary/aromatic N) is 2. The van der Waals surface area contributed by atoms with Crippen LogP contribution in [-0.2, 0) is 4.79 Å². The van der Waals surface area contributed by atoms with Gasteiger partial charge in [0.25, 0.3) is 0 Å². The minimum absolute atomic E-state index is 0.0952. The van der Waals surface area contributed by atoms with E-state index in [2.05, 4.69) is 23.6 Å². The molecule has 5 unspecified atom stereocenters. The van der Waals surface area contributed by atoms with Crippen molar-refractivity contribution in [3.05, 3.63) is 0 Å². The van der Waals surface area contributed by atoms with Crippen LogP contribution in [-0.4, -0.2) is 58.1 Å². The predicted octanol–water partition coefficient (Wildman–Crippen LogP) is 2.65. The van der Waals surface area contributed by atoms with Gasteiger partial charge in [0.15, 0.2) is 0 Å². The van der Waals surface area contributed by atoms with Crippen LogP contribution in [0.15, 0.2) is 0 Å². The molecule has 2 saturated carbocycles. The molecule has 0 bridgehead atoms. The SMILES string of the molecule is CC(=O)N1C2CCCCC2N(CC2CCC(O)C(C)C2)C[C@@H]1C. The lowest BCUT2D eigenvalue weighted by Crippen LogP contribution is -2.65. The maximum absolute atomic E-state index is 12.1. The average molecular weight is 322 g/mol. The van der Waals surface area contributed by atoms with Gasteiger partial charge in [0, 0.05) is 38.1 Å². The zero-order valence-electron chi connectivity index (χ0n) is 15.1. The van der Waals surface area contributed by atoms with Crippen LogP contribution in [0.3, 0.4) is 0 Å². The second-order valence-corrected chi connectivity index (χ2v) is 8.37. The third-order valence-electron chi connectivity index (χ3n) is 6.58. The van der Waals surface area contributed by atoms with Crippen LogP contribution in [0.5, 0.6) is 0 Å². The van der Waals surface area contributed by atoms with E-state index in [1.807, 2.05) is 0 Å². The molecule has 1 amide bonds. The van der Waals surface area contributed by atoms with Crippen LogP contribution < -0.4 is 0 Å². The summed E-state index contributed by atoms with van der Waals surface area (Å²) in [6, 6.07) is 1.32. The van der Waals surface area contributed by atoms with E-state index in [0.717, 1.165) is 32.4 Å². The fourth-order valence-corrected chi connectivity index (χ4v) is 5.47. The third kappa shape index (κ3) is 3.58. The smallest absolute Gasteiger partial charge is 0.220 e. The number of rotatable bonds is 2. The van der Waals surface area contributed by atoms with E-state index >= 15 is 0 Å². The molecule has 2 aliphatic carbocycles. The fourth-order valence-electron chi connectivity index (χ4n) is 5.47. The zero-order chi connectivity index (χ0) is 16.6. The summed E-state index contributed by atoms with van der Waals surface area (Å²) in [6.45, 7) is 8.33. The largest absolute Gasteiger partial charge is 0.393 e. The monoisotopic (exact) mass is 322 g/mol. The van der Waals surface area contributed by atoms with Gasteiger partial charge < -0.3 is 10.0 Å². The molecule has 1 saturated heterocycles. The second-order valence-electron chi connectivity index (χ2n) is 8.37. The Morgan fingerprint density at radius 3 is 2.43 bits per heavy atom. The van der Waals surface area contributed by atoms with Gasteiger partial charge in [-0.25, -0.2) is 0 Å². The number of aliphatic hydroxyl groups excluding tert-OH is 1. The predicted molar refractivity (Wildman–Crippen MR) is 92.1 cm³/mol. The number of aliphatic hydroxyl groups is 1. The first-order valence-corrected chi connectivity index (χ1v) is 9.68. The van der Waals surface area contributed by atoms with Gasteiger partial charge in [0.05, 0.1) is 6.10 Å². The number of amides is 1. The topological polar surface area (TPSA) is 43.8 Å². The Morgan fingerprint density at radius 1 is 1.09 bits per heavy atom. The van der Waals surface area contributed by atoms with Crippen LogP contribution in [0, 0.1) is 11.8 Å². The number of carbonyl (C=O) groups excluding carboxylic acids is 1. The van der Waals surface area contributed by atoms with E-state index in [4.69, 9.17) is 0 Å². The van der Waals surface area contributed by atoms with Crippen molar-refractivity contribution in [2.75, 3.05) is 13.1 Å². The summed E-state index contributed by atoms with van der Waals surface area (Å²) < 4.78 is 0. The van der Waals surface area contributed by atoms with Crippen molar-refractivity contribution in [1.29, 1.82) is 0 Å². The van der Waals surface area contributed by atoms with Gasteiger partial charge in [-0.15, -0.1) is 0 Å². The van der Waals surface area contributed by atoms with Gasteiger partial charge in [0.1, 0.15) is 0 Å². The molecular formula is C19H34N2O2. The van der Waals surface area contributed by atoms with Gasteiger partial charge in [-0.1, -0.05) is 19.8 Å². The highest BCUT2D eigenvalue weighted by Crippen LogP contribution is 2.36. The van der Waals surface area contributed by atoms with E-state index < -0.39 is 0 Å². The van der Waals surface area contributed by atoms with E-state index in [9.17, 15) is 9.90 Å². The maximum Gasteiger partial charge on any atom is 0.220 e. The molecule has 132 valence electrons. The molecule has 0 aromatic rings. The van der Waals surface area contributed by atoms with Gasteiger partial charge in [-0.3, -0.25) is 9.69 Å². The Morgan fingerprint density at radius 2 is 1.78 bits per heavy atom. The first-order valence-electron chi connectivity index (χ1n) is 9.68. The quantitative estimate of drug-likeness (QED) is 0.850. The first kappa shape index (κ1) is 17.2. The second kappa shape index (κ2) is 7.10. The van der Waals surface area contributed by atoms with Gasteiger partial charge in [-0.05, 0) is 50.9 Å². The summed E-state index contributed by atoms with van der Waals surface area (Å²) in [5.41, 5.74) is 0. The lowest BCUT2D eigenvalue weighted by molar-refractivity contribution is -0.142. The zero-order valence-corrected chi connectivity index (χ0v) is 15.1. The molecule has 4 nitrogen and oxygen atoms in total. The number of piperazine rings is 1. The van der Waals surface area contributed by atoms with Crippen LogP contribution in [0.4, 0.5) is 0 Å². The highest BCUT2D eigenvalue weighted by Gasteiger charge is 2.43. The summed E-state index contributed by atoms with van der Waals surface area (Å²) >= 11 is 0.